The van der Waals surface area contributed by atoms with Crippen LogP contribution in [-0.4, -0.2) is 24.5 Å². The van der Waals surface area contributed by atoms with Crippen LogP contribution in [0, 0.1) is 5.92 Å². The Labute approximate surface area is 125 Å². The van der Waals surface area contributed by atoms with Crippen molar-refractivity contribution in [3.8, 4) is 0 Å². The highest BCUT2D eigenvalue weighted by Crippen LogP contribution is 2.33. The van der Waals surface area contributed by atoms with Crippen LogP contribution in [0.15, 0.2) is 10.4 Å². The van der Waals surface area contributed by atoms with Crippen molar-refractivity contribution in [2.45, 2.75) is 38.4 Å². The van der Waals surface area contributed by atoms with E-state index in [-0.39, 0.29) is 6.54 Å². The van der Waals surface area contributed by atoms with Crippen LogP contribution in [0.3, 0.4) is 0 Å². The normalized spacial score (nSPS) is 16.1. The van der Waals surface area contributed by atoms with Crippen LogP contribution < -0.4 is 10.6 Å². The van der Waals surface area contributed by atoms with Gasteiger partial charge in [0.05, 0.1) is 6.54 Å². The molecule has 1 saturated carbocycles. The number of alkyl halides is 3. The van der Waals surface area contributed by atoms with Crippen LogP contribution in [0.1, 0.15) is 36.4 Å². The molecule has 8 heteroatoms. The maximum atomic E-state index is 12.4. The molecule has 1 fully saturated rings. The number of nitrogens with one attached hydrogen (secondary N) is 2. The molecule has 0 atom stereocenters. The van der Waals surface area contributed by atoms with Crippen LogP contribution in [0.4, 0.5) is 13.2 Å². The maximum absolute atomic E-state index is 12.4. The molecule has 0 bridgehead atoms. The van der Waals surface area contributed by atoms with Gasteiger partial charge >= 0.3 is 6.18 Å². The zero-order chi connectivity index (χ0) is 15.3. The molecule has 1 aliphatic rings. The van der Waals surface area contributed by atoms with E-state index >= 15 is 0 Å². The van der Waals surface area contributed by atoms with Crippen molar-refractivity contribution in [1.29, 1.82) is 0 Å². The molecule has 0 radical (unpaired) electrons. The molecule has 0 unspecified atom stereocenters. The molecule has 1 aromatic heterocycles. The molecule has 1 aromatic rings. The van der Waals surface area contributed by atoms with Crippen molar-refractivity contribution in [3.63, 3.8) is 0 Å². The molecule has 0 aliphatic heterocycles. The molecule has 1 aliphatic carbocycles. The summed E-state index contributed by atoms with van der Waals surface area (Å²) in [6.07, 6.45) is 0.626. The summed E-state index contributed by atoms with van der Waals surface area (Å²) >= 11 is 0.993. The molecule has 0 saturated heterocycles. The number of thiazole rings is 1. The third-order valence-corrected chi connectivity index (χ3v) is 4.10. The number of aromatic nitrogens is 1. The summed E-state index contributed by atoms with van der Waals surface area (Å²) in [7, 11) is 1.64. The standard InChI is InChI=1S/C13H19F3N4S/c1-17-12(18-6-2-3-9-4-5-9)19-7-11-20-10(8-21-11)13(14,15)16/h8-9H,2-7H2,1H3,(H2,17,18,19). The van der Waals surface area contributed by atoms with E-state index in [1.165, 1.54) is 19.3 Å². The van der Waals surface area contributed by atoms with Crippen molar-refractivity contribution >= 4 is 17.3 Å². The Balaban J connectivity index is 1.70. The lowest BCUT2D eigenvalue weighted by molar-refractivity contribution is -0.140. The largest absolute Gasteiger partial charge is 0.434 e. The number of nitrogens with zero attached hydrogens (tertiary/aromatic N) is 2. The Bertz CT molecular complexity index is 480. The van der Waals surface area contributed by atoms with Gasteiger partial charge in [0, 0.05) is 19.0 Å². The van der Waals surface area contributed by atoms with Crippen molar-refractivity contribution in [1.82, 2.24) is 15.6 Å². The second kappa shape index (κ2) is 7.11. The van der Waals surface area contributed by atoms with E-state index in [0.29, 0.717) is 11.0 Å². The molecule has 4 nitrogen and oxygen atoms in total. The summed E-state index contributed by atoms with van der Waals surface area (Å²) < 4.78 is 37.3. The fourth-order valence-electron chi connectivity index (χ4n) is 1.91. The quantitative estimate of drug-likeness (QED) is 0.481. The molecule has 2 rings (SSSR count). The zero-order valence-electron chi connectivity index (χ0n) is 11.8. The van der Waals surface area contributed by atoms with Crippen LogP contribution in [0.5, 0.6) is 0 Å². The minimum absolute atomic E-state index is 0.239. The summed E-state index contributed by atoms with van der Waals surface area (Å²) in [5.74, 6) is 1.49. The van der Waals surface area contributed by atoms with Gasteiger partial charge < -0.3 is 10.6 Å². The highest BCUT2D eigenvalue weighted by Gasteiger charge is 2.33. The summed E-state index contributed by atoms with van der Waals surface area (Å²) in [5.41, 5.74) is -0.836. The lowest BCUT2D eigenvalue weighted by atomic mass is 10.2. The predicted octanol–water partition coefficient (Wildman–Crippen LogP) is 3.02. The first-order valence-electron chi connectivity index (χ1n) is 6.95. The van der Waals surface area contributed by atoms with Crippen LogP contribution in [0.25, 0.3) is 0 Å². The number of guanidine groups is 1. The minimum atomic E-state index is -4.38. The SMILES string of the molecule is CN=C(NCCCC1CC1)NCc1nc(C(F)(F)F)cs1. The van der Waals surface area contributed by atoms with Crippen LogP contribution >= 0.6 is 11.3 Å². The van der Waals surface area contributed by atoms with Gasteiger partial charge in [0.2, 0.25) is 0 Å². The third-order valence-electron chi connectivity index (χ3n) is 3.25. The number of halogens is 3. The number of rotatable bonds is 6. The second-order valence-electron chi connectivity index (χ2n) is 5.06. The van der Waals surface area contributed by atoms with Crippen LogP contribution in [-0.2, 0) is 12.7 Å². The van der Waals surface area contributed by atoms with Crippen molar-refractivity contribution in [2.24, 2.45) is 10.9 Å². The minimum Gasteiger partial charge on any atom is -0.356 e. The van der Waals surface area contributed by atoms with Crippen molar-refractivity contribution < 1.29 is 13.2 Å². The highest BCUT2D eigenvalue weighted by molar-refractivity contribution is 7.09. The fraction of sp³-hybridized carbons (Fsp3) is 0.692. The first kappa shape index (κ1) is 16.1. The zero-order valence-corrected chi connectivity index (χ0v) is 12.7. The summed E-state index contributed by atoms with van der Waals surface area (Å²) in [5, 5.41) is 7.55. The lowest BCUT2D eigenvalue weighted by Gasteiger charge is -2.10. The molecule has 0 aromatic carbocycles. The second-order valence-corrected chi connectivity index (χ2v) is 6.01. The average Bonchev–Trinajstić information content (AvgIpc) is 3.12. The van der Waals surface area contributed by atoms with E-state index < -0.39 is 11.9 Å². The van der Waals surface area contributed by atoms with Gasteiger partial charge in [0.25, 0.3) is 0 Å². The average molecular weight is 320 g/mol. The molecule has 2 N–H and O–H groups in total. The van der Waals surface area contributed by atoms with Gasteiger partial charge in [-0.15, -0.1) is 11.3 Å². The van der Waals surface area contributed by atoms with E-state index in [1.54, 1.807) is 7.05 Å². The molecule has 0 spiro atoms. The van der Waals surface area contributed by atoms with Crippen molar-refractivity contribution in [3.05, 3.63) is 16.1 Å². The predicted molar refractivity (Wildman–Crippen MR) is 77.3 cm³/mol. The van der Waals surface area contributed by atoms with E-state index in [2.05, 4.69) is 20.6 Å². The Morgan fingerprint density at radius 3 is 2.76 bits per heavy atom. The lowest BCUT2D eigenvalue weighted by Crippen LogP contribution is -2.37. The maximum Gasteiger partial charge on any atom is 0.434 e. The fourth-order valence-corrected chi connectivity index (χ4v) is 2.65. The van der Waals surface area contributed by atoms with E-state index in [4.69, 9.17) is 0 Å². The van der Waals surface area contributed by atoms with Crippen LogP contribution in [0.2, 0.25) is 0 Å². The molecule has 1 heterocycles. The van der Waals surface area contributed by atoms with E-state index in [1.807, 2.05) is 0 Å². The topological polar surface area (TPSA) is 49.3 Å². The molecule has 0 amide bonds. The highest BCUT2D eigenvalue weighted by atomic mass is 32.1. The number of hydrogen-bond donors (Lipinski definition) is 2. The van der Waals surface area contributed by atoms with Gasteiger partial charge in [-0.2, -0.15) is 13.2 Å². The van der Waals surface area contributed by atoms with Gasteiger partial charge in [-0.1, -0.05) is 12.8 Å². The van der Waals surface area contributed by atoms with Gasteiger partial charge in [0.15, 0.2) is 11.7 Å². The monoisotopic (exact) mass is 320 g/mol. The van der Waals surface area contributed by atoms with E-state index in [0.717, 1.165) is 35.6 Å². The Kier molecular flexibility index (Phi) is 5.44. The van der Waals surface area contributed by atoms with Gasteiger partial charge in [-0.25, -0.2) is 4.98 Å². The summed E-state index contributed by atoms with van der Waals surface area (Å²) in [6.45, 7) is 1.06. The molecule has 21 heavy (non-hydrogen) atoms. The smallest absolute Gasteiger partial charge is 0.356 e. The summed E-state index contributed by atoms with van der Waals surface area (Å²) in [4.78, 5) is 7.60. The molecular formula is C13H19F3N4S. The van der Waals surface area contributed by atoms with Crippen molar-refractivity contribution in [2.75, 3.05) is 13.6 Å². The Morgan fingerprint density at radius 2 is 2.19 bits per heavy atom. The van der Waals surface area contributed by atoms with Gasteiger partial charge in [-0.3, -0.25) is 4.99 Å². The number of aliphatic imine (C=N–C) groups is 1. The summed E-state index contributed by atoms with van der Waals surface area (Å²) in [6, 6.07) is 0. The van der Waals surface area contributed by atoms with Gasteiger partial charge in [0.1, 0.15) is 5.01 Å². The van der Waals surface area contributed by atoms with E-state index in [9.17, 15) is 13.2 Å². The van der Waals surface area contributed by atoms with Gasteiger partial charge in [-0.05, 0) is 18.8 Å². The molecular weight excluding hydrogens is 301 g/mol. The molecule has 118 valence electrons. The first-order chi connectivity index (χ1) is 9.99. The third kappa shape index (κ3) is 5.53. The Morgan fingerprint density at radius 1 is 1.43 bits per heavy atom. The number of hydrogen-bond acceptors (Lipinski definition) is 3. The Hall–Kier alpha value is -1.31. The first-order valence-corrected chi connectivity index (χ1v) is 7.83.